The first-order chi connectivity index (χ1) is 14.9. The monoisotopic (exact) mass is 424 g/mol. The SMILES string of the molecule is CC/C(=C/C=C(\C)C(O)(CC)CC)c1cccc(OCc2ccc(CO)c(CO)c2)c1. The van der Waals surface area contributed by atoms with Gasteiger partial charge in [-0.25, -0.2) is 0 Å². The van der Waals surface area contributed by atoms with Gasteiger partial charge in [0.15, 0.2) is 0 Å². The molecule has 168 valence electrons. The van der Waals surface area contributed by atoms with Crippen LogP contribution in [0.3, 0.4) is 0 Å². The zero-order valence-electron chi connectivity index (χ0n) is 19.2. The Hall–Kier alpha value is -2.40. The fourth-order valence-electron chi connectivity index (χ4n) is 3.63. The van der Waals surface area contributed by atoms with Crippen molar-refractivity contribution in [3.05, 3.63) is 82.4 Å². The van der Waals surface area contributed by atoms with Crippen molar-refractivity contribution < 1.29 is 20.1 Å². The van der Waals surface area contributed by atoms with Crippen molar-refractivity contribution in [2.75, 3.05) is 0 Å². The maximum Gasteiger partial charge on any atom is 0.120 e. The standard InChI is InChI=1S/C27H36O4/c1-5-22(13-11-20(4)27(30,6-2)7-3)23-9-8-10-26(16-23)31-19-21-12-14-24(17-28)25(15-21)18-29/h8-16,28-30H,5-7,17-19H2,1-4H3/b20-11+,22-13-. The second-order valence-corrected chi connectivity index (χ2v) is 7.87. The van der Waals surface area contributed by atoms with E-state index >= 15 is 0 Å². The average Bonchev–Trinajstić information content (AvgIpc) is 2.82. The summed E-state index contributed by atoms with van der Waals surface area (Å²) < 4.78 is 5.99. The first-order valence-electron chi connectivity index (χ1n) is 11.1. The summed E-state index contributed by atoms with van der Waals surface area (Å²) in [6, 6.07) is 13.6. The zero-order valence-corrected chi connectivity index (χ0v) is 19.2. The Morgan fingerprint density at radius 3 is 2.26 bits per heavy atom. The molecule has 2 aromatic rings. The molecule has 0 unspecified atom stereocenters. The Balaban J connectivity index is 2.18. The Morgan fingerprint density at radius 1 is 0.935 bits per heavy atom. The lowest BCUT2D eigenvalue weighted by molar-refractivity contribution is 0.0702. The largest absolute Gasteiger partial charge is 0.489 e. The van der Waals surface area contributed by atoms with Crippen LogP contribution >= 0.6 is 0 Å². The molecule has 0 bridgehead atoms. The number of rotatable bonds is 11. The Bertz CT molecular complexity index is 907. The molecular weight excluding hydrogens is 388 g/mol. The summed E-state index contributed by atoms with van der Waals surface area (Å²) in [5, 5.41) is 29.5. The van der Waals surface area contributed by atoms with Crippen molar-refractivity contribution in [3.8, 4) is 5.75 Å². The molecule has 0 saturated heterocycles. The summed E-state index contributed by atoms with van der Waals surface area (Å²) in [5.41, 5.74) is 4.87. The normalized spacial score (nSPS) is 12.9. The van der Waals surface area contributed by atoms with Crippen LogP contribution in [0.1, 0.15) is 69.2 Å². The van der Waals surface area contributed by atoms with Crippen molar-refractivity contribution in [2.24, 2.45) is 0 Å². The van der Waals surface area contributed by atoms with E-state index in [0.29, 0.717) is 19.4 Å². The third kappa shape index (κ3) is 6.54. The summed E-state index contributed by atoms with van der Waals surface area (Å²) in [4.78, 5) is 0. The molecule has 0 amide bonds. The van der Waals surface area contributed by atoms with Crippen LogP contribution in [-0.4, -0.2) is 20.9 Å². The number of hydrogen-bond donors (Lipinski definition) is 3. The van der Waals surface area contributed by atoms with Crippen LogP contribution in [0.2, 0.25) is 0 Å². The highest BCUT2D eigenvalue weighted by Crippen LogP contribution is 2.27. The van der Waals surface area contributed by atoms with Gasteiger partial charge in [-0.1, -0.05) is 57.2 Å². The third-order valence-corrected chi connectivity index (χ3v) is 6.04. The second-order valence-electron chi connectivity index (χ2n) is 7.87. The zero-order chi connectivity index (χ0) is 22.9. The van der Waals surface area contributed by atoms with E-state index in [4.69, 9.17) is 4.74 Å². The van der Waals surface area contributed by atoms with E-state index in [2.05, 4.69) is 19.1 Å². The van der Waals surface area contributed by atoms with Crippen LogP contribution in [0.4, 0.5) is 0 Å². The quantitative estimate of drug-likeness (QED) is 0.414. The number of hydrogen-bond acceptors (Lipinski definition) is 4. The highest BCUT2D eigenvalue weighted by Gasteiger charge is 2.23. The van der Waals surface area contributed by atoms with E-state index in [-0.39, 0.29) is 13.2 Å². The van der Waals surface area contributed by atoms with Crippen LogP contribution in [-0.2, 0) is 19.8 Å². The number of allylic oxidation sites excluding steroid dienone is 3. The number of aliphatic hydroxyl groups excluding tert-OH is 2. The van der Waals surface area contributed by atoms with Crippen molar-refractivity contribution in [3.63, 3.8) is 0 Å². The fraction of sp³-hybridized carbons (Fsp3) is 0.407. The molecule has 0 radical (unpaired) electrons. The van der Waals surface area contributed by atoms with Gasteiger partial charge in [0, 0.05) is 0 Å². The van der Waals surface area contributed by atoms with Crippen molar-refractivity contribution >= 4 is 5.57 Å². The molecule has 0 aliphatic carbocycles. The van der Waals surface area contributed by atoms with E-state index in [1.807, 2.05) is 63.2 Å². The van der Waals surface area contributed by atoms with E-state index < -0.39 is 5.60 Å². The van der Waals surface area contributed by atoms with E-state index in [1.165, 1.54) is 5.57 Å². The van der Waals surface area contributed by atoms with Crippen molar-refractivity contribution in [1.29, 1.82) is 0 Å². The molecule has 0 aliphatic heterocycles. The highest BCUT2D eigenvalue weighted by atomic mass is 16.5. The molecule has 0 fully saturated rings. The lowest BCUT2D eigenvalue weighted by Crippen LogP contribution is -2.27. The number of ether oxygens (including phenoxy) is 1. The van der Waals surface area contributed by atoms with E-state index in [9.17, 15) is 15.3 Å². The molecule has 0 aliphatic rings. The fourth-order valence-corrected chi connectivity index (χ4v) is 3.63. The van der Waals surface area contributed by atoms with Gasteiger partial charge in [0.2, 0.25) is 0 Å². The van der Waals surface area contributed by atoms with Crippen LogP contribution in [0, 0.1) is 0 Å². The van der Waals surface area contributed by atoms with Gasteiger partial charge in [-0.15, -0.1) is 0 Å². The number of aliphatic hydroxyl groups is 3. The van der Waals surface area contributed by atoms with E-state index in [0.717, 1.165) is 40.0 Å². The van der Waals surface area contributed by atoms with Crippen molar-refractivity contribution in [1.82, 2.24) is 0 Å². The molecule has 0 saturated carbocycles. The minimum atomic E-state index is -0.751. The lowest BCUT2D eigenvalue weighted by Gasteiger charge is -2.26. The Labute approximate surface area is 186 Å². The molecular formula is C27H36O4. The maximum absolute atomic E-state index is 10.7. The first-order valence-corrected chi connectivity index (χ1v) is 11.1. The van der Waals surface area contributed by atoms with E-state index in [1.54, 1.807) is 0 Å². The lowest BCUT2D eigenvalue weighted by atomic mass is 9.88. The van der Waals surface area contributed by atoms with Crippen LogP contribution < -0.4 is 4.74 Å². The molecule has 0 heterocycles. The van der Waals surface area contributed by atoms with Gasteiger partial charge in [0.1, 0.15) is 12.4 Å². The van der Waals surface area contributed by atoms with Crippen molar-refractivity contribution in [2.45, 2.75) is 72.4 Å². The summed E-state index contributed by atoms with van der Waals surface area (Å²) >= 11 is 0. The molecule has 2 aromatic carbocycles. The van der Waals surface area contributed by atoms with Gasteiger partial charge >= 0.3 is 0 Å². The number of benzene rings is 2. The molecule has 0 aromatic heterocycles. The minimum Gasteiger partial charge on any atom is -0.489 e. The summed E-state index contributed by atoms with van der Waals surface area (Å²) in [7, 11) is 0. The van der Waals surface area contributed by atoms with Gasteiger partial charge in [-0.05, 0) is 77.8 Å². The topological polar surface area (TPSA) is 69.9 Å². The van der Waals surface area contributed by atoms with Crippen LogP contribution in [0.15, 0.2) is 60.2 Å². The molecule has 31 heavy (non-hydrogen) atoms. The molecule has 3 N–H and O–H groups in total. The third-order valence-electron chi connectivity index (χ3n) is 6.04. The first kappa shape index (κ1) is 24.9. The predicted molar refractivity (Wildman–Crippen MR) is 127 cm³/mol. The molecule has 0 spiro atoms. The maximum atomic E-state index is 10.7. The second kappa shape index (κ2) is 11.8. The highest BCUT2D eigenvalue weighted by molar-refractivity contribution is 5.68. The molecule has 2 rings (SSSR count). The predicted octanol–water partition coefficient (Wildman–Crippen LogP) is 5.54. The molecule has 4 heteroatoms. The summed E-state index contributed by atoms with van der Waals surface area (Å²) in [6.45, 7) is 8.30. The van der Waals surface area contributed by atoms with Gasteiger partial charge < -0.3 is 20.1 Å². The Kier molecular flexibility index (Phi) is 9.50. The van der Waals surface area contributed by atoms with Gasteiger partial charge in [-0.2, -0.15) is 0 Å². The Morgan fingerprint density at radius 2 is 1.65 bits per heavy atom. The smallest absolute Gasteiger partial charge is 0.120 e. The van der Waals surface area contributed by atoms with Gasteiger partial charge in [0.05, 0.1) is 18.8 Å². The minimum absolute atomic E-state index is 0.0902. The summed E-state index contributed by atoms with van der Waals surface area (Å²) in [6.07, 6.45) is 6.38. The van der Waals surface area contributed by atoms with Gasteiger partial charge in [0.25, 0.3) is 0 Å². The van der Waals surface area contributed by atoms with Crippen LogP contribution in [0.25, 0.3) is 5.57 Å². The summed E-state index contributed by atoms with van der Waals surface area (Å²) in [5.74, 6) is 0.771. The average molecular weight is 425 g/mol. The van der Waals surface area contributed by atoms with Gasteiger partial charge in [-0.3, -0.25) is 0 Å². The molecule has 0 atom stereocenters. The van der Waals surface area contributed by atoms with Crippen LogP contribution in [0.5, 0.6) is 5.75 Å². The molecule has 4 nitrogen and oxygen atoms in total.